The van der Waals surface area contributed by atoms with Crippen LogP contribution in [0, 0.1) is 7.14 Å². The van der Waals surface area contributed by atoms with E-state index in [0.717, 1.165) is 12.8 Å². The van der Waals surface area contributed by atoms with Crippen LogP contribution in [0.1, 0.15) is 31.4 Å². The molecule has 1 aromatic carbocycles. The summed E-state index contributed by atoms with van der Waals surface area (Å²) in [6.07, 6.45) is 2.21. The summed E-state index contributed by atoms with van der Waals surface area (Å²) in [6.45, 7) is 2.17. The largest absolute Gasteiger partial charge is 0.324 e. The maximum atomic E-state index is 6.04. The van der Waals surface area contributed by atoms with Crippen molar-refractivity contribution in [2.45, 2.75) is 25.8 Å². The van der Waals surface area contributed by atoms with Crippen LogP contribution in [0.25, 0.3) is 0 Å². The predicted octanol–water partition coefficient (Wildman–Crippen LogP) is 3.70. The van der Waals surface area contributed by atoms with Gasteiger partial charge in [-0.05, 0) is 75.4 Å². The molecule has 0 aliphatic carbocycles. The molecule has 0 radical (unpaired) electrons. The van der Waals surface area contributed by atoms with Crippen LogP contribution in [-0.2, 0) is 0 Å². The number of halogens is 2. The summed E-state index contributed by atoms with van der Waals surface area (Å²) in [5, 5.41) is 0. The van der Waals surface area contributed by atoms with Gasteiger partial charge in [0.25, 0.3) is 0 Å². The van der Waals surface area contributed by atoms with Gasteiger partial charge < -0.3 is 5.73 Å². The molecule has 1 aromatic rings. The molecule has 0 bridgehead atoms. The Bertz CT molecular complexity index is 266. The summed E-state index contributed by atoms with van der Waals surface area (Å²) < 4.78 is 2.54. The van der Waals surface area contributed by atoms with Gasteiger partial charge in [-0.25, -0.2) is 0 Å². The predicted molar refractivity (Wildman–Crippen MR) is 73.7 cm³/mol. The normalized spacial score (nSPS) is 12.9. The summed E-state index contributed by atoms with van der Waals surface area (Å²) in [4.78, 5) is 0. The smallest absolute Gasteiger partial charge is 0.0295 e. The van der Waals surface area contributed by atoms with Crippen LogP contribution >= 0.6 is 45.2 Å². The molecule has 0 aromatic heterocycles. The van der Waals surface area contributed by atoms with Gasteiger partial charge in [0.1, 0.15) is 0 Å². The minimum absolute atomic E-state index is 0.202. The Morgan fingerprint density at radius 3 is 2.23 bits per heavy atom. The minimum atomic E-state index is 0.202. The van der Waals surface area contributed by atoms with E-state index in [1.165, 1.54) is 12.7 Å². The summed E-state index contributed by atoms with van der Waals surface area (Å²) in [6, 6.07) is 6.70. The highest BCUT2D eigenvalue weighted by Gasteiger charge is 2.05. The molecular formula is C10H13I2N. The van der Waals surface area contributed by atoms with E-state index in [4.69, 9.17) is 5.73 Å². The fraction of sp³-hybridized carbons (Fsp3) is 0.400. The third kappa shape index (κ3) is 3.71. The highest BCUT2D eigenvalue weighted by atomic mass is 127. The van der Waals surface area contributed by atoms with Gasteiger partial charge in [-0.15, -0.1) is 0 Å². The Kier molecular flexibility index (Phi) is 4.96. The molecule has 0 saturated carbocycles. The Balaban J connectivity index is 2.87. The van der Waals surface area contributed by atoms with E-state index in [1.54, 1.807) is 0 Å². The van der Waals surface area contributed by atoms with Crippen molar-refractivity contribution in [2.24, 2.45) is 5.73 Å². The van der Waals surface area contributed by atoms with E-state index in [-0.39, 0.29) is 6.04 Å². The summed E-state index contributed by atoms with van der Waals surface area (Å²) >= 11 is 4.66. The van der Waals surface area contributed by atoms with Crippen molar-refractivity contribution < 1.29 is 0 Å². The number of rotatable bonds is 3. The first-order chi connectivity index (χ1) is 6.13. The van der Waals surface area contributed by atoms with Gasteiger partial charge in [-0.3, -0.25) is 0 Å². The molecule has 0 fully saturated rings. The van der Waals surface area contributed by atoms with Crippen molar-refractivity contribution in [2.75, 3.05) is 0 Å². The maximum absolute atomic E-state index is 6.04. The summed E-state index contributed by atoms with van der Waals surface area (Å²) in [5.74, 6) is 0. The van der Waals surface area contributed by atoms with Crippen LogP contribution in [0.4, 0.5) is 0 Å². The molecule has 0 heterocycles. The third-order valence-corrected chi connectivity index (χ3v) is 3.16. The zero-order valence-corrected chi connectivity index (χ0v) is 11.9. The Hall–Kier alpha value is 0.640. The van der Waals surface area contributed by atoms with Crippen LogP contribution in [0.15, 0.2) is 18.2 Å². The number of hydrogen-bond acceptors (Lipinski definition) is 1. The maximum Gasteiger partial charge on any atom is 0.0295 e. The van der Waals surface area contributed by atoms with Crippen molar-refractivity contribution in [3.63, 3.8) is 0 Å². The average molecular weight is 401 g/mol. The fourth-order valence-corrected chi connectivity index (χ4v) is 3.25. The van der Waals surface area contributed by atoms with Gasteiger partial charge in [-0.1, -0.05) is 13.3 Å². The summed E-state index contributed by atoms with van der Waals surface area (Å²) in [5.41, 5.74) is 7.30. The molecule has 0 saturated heterocycles. The second kappa shape index (κ2) is 5.50. The molecule has 1 atom stereocenters. The van der Waals surface area contributed by atoms with E-state index in [2.05, 4.69) is 70.3 Å². The molecule has 1 rings (SSSR count). The molecule has 72 valence electrons. The molecule has 13 heavy (non-hydrogen) atoms. The second-order valence-electron chi connectivity index (χ2n) is 3.10. The van der Waals surface area contributed by atoms with Gasteiger partial charge >= 0.3 is 0 Å². The standard InChI is InChI=1S/C10H13I2N/c1-2-3-10(13)7-4-8(11)6-9(12)5-7/h4-6,10H,2-3,13H2,1H3. The van der Waals surface area contributed by atoms with Crippen LogP contribution in [0.5, 0.6) is 0 Å². The fourth-order valence-electron chi connectivity index (χ4n) is 1.27. The van der Waals surface area contributed by atoms with Gasteiger partial charge in [0.05, 0.1) is 0 Å². The van der Waals surface area contributed by atoms with E-state index >= 15 is 0 Å². The van der Waals surface area contributed by atoms with Crippen molar-refractivity contribution in [1.82, 2.24) is 0 Å². The third-order valence-electron chi connectivity index (χ3n) is 1.91. The lowest BCUT2D eigenvalue weighted by atomic mass is 10.0. The first kappa shape index (κ1) is 11.7. The monoisotopic (exact) mass is 401 g/mol. The van der Waals surface area contributed by atoms with Crippen molar-refractivity contribution >= 4 is 45.2 Å². The number of hydrogen-bond donors (Lipinski definition) is 1. The molecule has 3 heteroatoms. The molecule has 0 aliphatic heterocycles. The molecule has 1 nitrogen and oxygen atoms in total. The first-order valence-corrected chi connectivity index (χ1v) is 6.50. The number of benzene rings is 1. The van der Waals surface area contributed by atoms with Gasteiger partial charge in [0, 0.05) is 13.2 Å². The SMILES string of the molecule is CCCC(N)c1cc(I)cc(I)c1. The quantitative estimate of drug-likeness (QED) is 0.769. The molecule has 1 unspecified atom stereocenters. The van der Waals surface area contributed by atoms with E-state index in [9.17, 15) is 0 Å². The van der Waals surface area contributed by atoms with Gasteiger partial charge in [0.2, 0.25) is 0 Å². The Morgan fingerprint density at radius 2 is 1.77 bits per heavy atom. The van der Waals surface area contributed by atoms with Crippen LogP contribution in [0.3, 0.4) is 0 Å². The van der Waals surface area contributed by atoms with E-state index in [1.807, 2.05) is 0 Å². The topological polar surface area (TPSA) is 26.0 Å². The zero-order chi connectivity index (χ0) is 9.84. The molecule has 0 aliphatic rings. The van der Waals surface area contributed by atoms with Gasteiger partial charge in [0.15, 0.2) is 0 Å². The van der Waals surface area contributed by atoms with E-state index in [0.29, 0.717) is 0 Å². The Labute approximate surface area is 107 Å². The van der Waals surface area contributed by atoms with E-state index < -0.39 is 0 Å². The highest BCUT2D eigenvalue weighted by Crippen LogP contribution is 2.21. The molecule has 0 spiro atoms. The Morgan fingerprint density at radius 1 is 1.23 bits per heavy atom. The average Bonchev–Trinajstić information content (AvgIpc) is 2.03. The lowest BCUT2D eigenvalue weighted by Gasteiger charge is -2.11. The molecule has 0 amide bonds. The second-order valence-corrected chi connectivity index (χ2v) is 5.59. The van der Waals surface area contributed by atoms with Crippen LogP contribution in [-0.4, -0.2) is 0 Å². The van der Waals surface area contributed by atoms with Crippen LogP contribution < -0.4 is 5.73 Å². The lowest BCUT2D eigenvalue weighted by Crippen LogP contribution is -2.10. The minimum Gasteiger partial charge on any atom is -0.324 e. The lowest BCUT2D eigenvalue weighted by molar-refractivity contribution is 0.638. The van der Waals surface area contributed by atoms with Crippen molar-refractivity contribution in [3.05, 3.63) is 30.9 Å². The molecular weight excluding hydrogens is 388 g/mol. The number of nitrogens with two attached hydrogens (primary N) is 1. The van der Waals surface area contributed by atoms with Crippen molar-refractivity contribution in [1.29, 1.82) is 0 Å². The van der Waals surface area contributed by atoms with Crippen molar-refractivity contribution in [3.8, 4) is 0 Å². The van der Waals surface area contributed by atoms with Crippen LogP contribution in [0.2, 0.25) is 0 Å². The summed E-state index contributed by atoms with van der Waals surface area (Å²) in [7, 11) is 0. The zero-order valence-electron chi connectivity index (χ0n) is 7.56. The molecule has 2 N–H and O–H groups in total. The first-order valence-electron chi connectivity index (χ1n) is 4.35. The van der Waals surface area contributed by atoms with Gasteiger partial charge in [-0.2, -0.15) is 0 Å². The highest BCUT2D eigenvalue weighted by molar-refractivity contribution is 14.1.